The number of nitrogens with one attached hydrogen (secondary N) is 2. The average molecular weight is 422 g/mol. The van der Waals surface area contributed by atoms with Crippen LogP contribution in [0.4, 0.5) is 5.69 Å². The van der Waals surface area contributed by atoms with Gasteiger partial charge in [0.1, 0.15) is 5.75 Å². The number of hydrogen-bond acceptors (Lipinski definition) is 4. The second kappa shape index (κ2) is 10.9. The molecule has 2 aliphatic heterocycles. The minimum absolute atomic E-state index is 0.358. The fourth-order valence-electron chi connectivity index (χ4n) is 4.32. The van der Waals surface area contributed by atoms with Gasteiger partial charge in [0.15, 0.2) is 5.96 Å². The van der Waals surface area contributed by atoms with Gasteiger partial charge in [-0.2, -0.15) is 0 Å². The van der Waals surface area contributed by atoms with Crippen LogP contribution < -0.4 is 20.3 Å². The summed E-state index contributed by atoms with van der Waals surface area (Å²) in [5.74, 6) is 2.48. The molecule has 2 saturated heterocycles. The van der Waals surface area contributed by atoms with Gasteiger partial charge in [0.25, 0.3) is 0 Å². The molecule has 0 bridgehead atoms. The smallest absolute Gasteiger partial charge is 0.191 e. The fourth-order valence-corrected chi connectivity index (χ4v) is 4.49. The number of ether oxygens (including phenoxy) is 1. The minimum Gasteiger partial charge on any atom is -0.495 e. The highest BCUT2D eigenvalue weighted by Gasteiger charge is 2.26. The zero-order chi connectivity index (χ0) is 20.6. The minimum atomic E-state index is 0.358. The Kier molecular flexibility index (Phi) is 8.30. The van der Waals surface area contributed by atoms with Crippen molar-refractivity contribution in [1.29, 1.82) is 0 Å². The zero-order valence-corrected chi connectivity index (χ0v) is 18.8. The van der Waals surface area contributed by atoms with Gasteiger partial charge in [-0.05, 0) is 63.4 Å². The number of halogens is 1. The number of aliphatic imine (C=N–C) groups is 1. The van der Waals surface area contributed by atoms with Crippen LogP contribution in [0.1, 0.15) is 33.1 Å². The summed E-state index contributed by atoms with van der Waals surface area (Å²) in [6.07, 6.45) is 3.55. The molecule has 0 aliphatic carbocycles. The molecule has 2 N–H and O–H groups in total. The number of hydrogen-bond donors (Lipinski definition) is 2. The Morgan fingerprint density at radius 1 is 1.24 bits per heavy atom. The summed E-state index contributed by atoms with van der Waals surface area (Å²) in [7, 11) is 1.71. The second-order valence-electron chi connectivity index (χ2n) is 8.07. The van der Waals surface area contributed by atoms with Crippen molar-refractivity contribution in [2.24, 2.45) is 10.9 Å². The van der Waals surface area contributed by atoms with Crippen LogP contribution in [0.15, 0.2) is 23.2 Å². The molecule has 1 aromatic rings. The predicted molar refractivity (Wildman–Crippen MR) is 123 cm³/mol. The van der Waals surface area contributed by atoms with Crippen LogP contribution in [-0.4, -0.2) is 69.8 Å². The highest BCUT2D eigenvalue weighted by Crippen LogP contribution is 2.33. The summed E-state index contributed by atoms with van der Waals surface area (Å²) >= 11 is 6.22. The van der Waals surface area contributed by atoms with Crippen molar-refractivity contribution in [3.05, 3.63) is 23.2 Å². The number of guanidine groups is 1. The van der Waals surface area contributed by atoms with Gasteiger partial charge in [-0.25, -0.2) is 0 Å². The van der Waals surface area contributed by atoms with E-state index in [1.807, 2.05) is 18.2 Å². The van der Waals surface area contributed by atoms with Gasteiger partial charge < -0.3 is 25.2 Å². The lowest BCUT2D eigenvalue weighted by atomic mass is 10.1. The molecule has 0 radical (unpaired) electrons. The highest BCUT2D eigenvalue weighted by molar-refractivity contribution is 6.30. The topological polar surface area (TPSA) is 52.1 Å². The van der Waals surface area contributed by atoms with Gasteiger partial charge in [0.2, 0.25) is 0 Å². The summed E-state index contributed by atoms with van der Waals surface area (Å²) in [6.45, 7) is 11.6. The van der Waals surface area contributed by atoms with Crippen LogP contribution >= 0.6 is 11.6 Å². The summed E-state index contributed by atoms with van der Waals surface area (Å²) < 4.78 is 5.53. The highest BCUT2D eigenvalue weighted by atomic mass is 35.5. The lowest BCUT2D eigenvalue weighted by Crippen LogP contribution is -2.45. The Bertz CT molecular complexity index is 683. The second-order valence-corrected chi connectivity index (χ2v) is 8.50. The van der Waals surface area contributed by atoms with Crippen LogP contribution in [0.25, 0.3) is 0 Å². The molecule has 0 saturated carbocycles. The molecular weight excluding hydrogens is 386 g/mol. The SMILES string of the molecule is CCCN1CCC(CN=C(NCC)NC2CCN(c3cc(Cl)ccc3OC)C2)C1. The number of anilines is 1. The van der Waals surface area contributed by atoms with E-state index in [1.165, 1.54) is 32.5 Å². The van der Waals surface area contributed by atoms with Crippen LogP contribution in [0.3, 0.4) is 0 Å². The van der Waals surface area contributed by atoms with Crippen LogP contribution in [0.5, 0.6) is 5.75 Å². The fraction of sp³-hybridized carbons (Fsp3) is 0.682. The van der Waals surface area contributed by atoms with Gasteiger partial charge in [0, 0.05) is 43.8 Å². The monoisotopic (exact) mass is 421 g/mol. The zero-order valence-electron chi connectivity index (χ0n) is 18.1. The van der Waals surface area contributed by atoms with Crippen molar-refractivity contribution in [3.8, 4) is 5.75 Å². The molecule has 29 heavy (non-hydrogen) atoms. The first-order valence-corrected chi connectivity index (χ1v) is 11.4. The maximum Gasteiger partial charge on any atom is 0.191 e. The molecule has 1 aromatic carbocycles. The van der Waals surface area contributed by atoms with Crippen LogP contribution in [-0.2, 0) is 0 Å². The molecule has 0 spiro atoms. The summed E-state index contributed by atoms with van der Waals surface area (Å²) in [5.41, 5.74) is 1.06. The van der Waals surface area contributed by atoms with E-state index in [0.29, 0.717) is 12.0 Å². The van der Waals surface area contributed by atoms with Gasteiger partial charge in [0.05, 0.1) is 12.8 Å². The molecular formula is C22H36ClN5O. The standard InChI is InChI=1S/C22H36ClN5O/c1-4-10-27-11-8-17(15-27)14-25-22(24-5-2)26-19-9-12-28(16-19)20-13-18(23)6-7-21(20)29-3/h6-7,13,17,19H,4-5,8-12,14-16H2,1-3H3,(H2,24,25,26). The molecule has 2 aliphatic rings. The van der Waals surface area contributed by atoms with Crippen LogP contribution in [0, 0.1) is 5.92 Å². The van der Waals surface area contributed by atoms with E-state index >= 15 is 0 Å². The van der Waals surface area contributed by atoms with E-state index < -0.39 is 0 Å². The molecule has 6 nitrogen and oxygen atoms in total. The maximum absolute atomic E-state index is 6.22. The van der Waals surface area contributed by atoms with Gasteiger partial charge in [-0.15, -0.1) is 0 Å². The first kappa shape index (κ1) is 22.0. The average Bonchev–Trinajstić information content (AvgIpc) is 3.36. The third-order valence-electron chi connectivity index (χ3n) is 5.77. The molecule has 2 heterocycles. The first-order valence-electron chi connectivity index (χ1n) is 11.0. The molecule has 2 fully saturated rings. The number of rotatable bonds is 8. The van der Waals surface area contributed by atoms with Gasteiger partial charge >= 0.3 is 0 Å². The van der Waals surface area contributed by atoms with E-state index in [9.17, 15) is 0 Å². The molecule has 3 rings (SSSR count). The maximum atomic E-state index is 6.22. The molecule has 162 valence electrons. The predicted octanol–water partition coefficient (Wildman–Crippen LogP) is 3.21. The van der Waals surface area contributed by atoms with E-state index in [-0.39, 0.29) is 0 Å². The van der Waals surface area contributed by atoms with Crippen molar-refractivity contribution >= 4 is 23.2 Å². The lowest BCUT2D eigenvalue weighted by molar-refractivity contribution is 0.326. The van der Waals surface area contributed by atoms with E-state index in [4.69, 9.17) is 21.3 Å². The summed E-state index contributed by atoms with van der Waals surface area (Å²) in [6, 6.07) is 6.16. The Hall–Kier alpha value is -1.66. The first-order chi connectivity index (χ1) is 14.1. The van der Waals surface area contributed by atoms with Crippen molar-refractivity contribution in [1.82, 2.24) is 15.5 Å². The Balaban J connectivity index is 1.55. The lowest BCUT2D eigenvalue weighted by Gasteiger charge is -2.22. The molecule has 0 amide bonds. The van der Waals surface area contributed by atoms with Crippen molar-refractivity contribution in [2.75, 3.05) is 57.8 Å². The van der Waals surface area contributed by atoms with Crippen molar-refractivity contribution in [3.63, 3.8) is 0 Å². The summed E-state index contributed by atoms with van der Waals surface area (Å²) in [5, 5.41) is 7.79. The molecule has 0 aromatic heterocycles. The Morgan fingerprint density at radius 2 is 2.10 bits per heavy atom. The Labute approximate surface area is 180 Å². The third kappa shape index (κ3) is 6.16. The third-order valence-corrected chi connectivity index (χ3v) is 6.01. The van der Waals surface area contributed by atoms with Gasteiger partial charge in [-0.1, -0.05) is 18.5 Å². The molecule has 7 heteroatoms. The number of nitrogens with zero attached hydrogens (tertiary/aromatic N) is 3. The normalized spacial score (nSPS) is 22.9. The van der Waals surface area contributed by atoms with Crippen molar-refractivity contribution in [2.45, 2.75) is 39.2 Å². The van der Waals surface area contributed by atoms with E-state index in [0.717, 1.165) is 55.0 Å². The summed E-state index contributed by atoms with van der Waals surface area (Å²) in [4.78, 5) is 9.80. The number of likely N-dealkylation sites (tertiary alicyclic amines) is 1. The number of methoxy groups -OCH3 is 1. The molecule has 2 atom stereocenters. The largest absolute Gasteiger partial charge is 0.495 e. The van der Waals surface area contributed by atoms with E-state index in [1.54, 1.807) is 7.11 Å². The number of benzene rings is 1. The Morgan fingerprint density at radius 3 is 2.86 bits per heavy atom. The quantitative estimate of drug-likeness (QED) is 0.498. The van der Waals surface area contributed by atoms with Crippen LogP contribution in [0.2, 0.25) is 5.02 Å². The molecule has 2 unspecified atom stereocenters. The van der Waals surface area contributed by atoms with Gasteiger partial charge in [-0.3, -0.25) is 4.99 Å². The van der Waals surface area contributed by atoms with E-state index in [2.05, 4.69) is 34.3 Å². The van der Waals surface area contributed by atoms with Crippen molar-refractivity contribution < 1.29 is 4.74 Å².